The summed E-state index contributed by atoms with van der Waals surface area (Å²) < 4.78 is 1.75. The third-order valence-electron chi connectivity index (χ3n) is 4.49. The van der Waals surface area contributed by atoms with E-state index in [4.69, 9.17) is 0 Å². The molecule has 2 aromatic rings. The summed E-state index contributed by atoms with van der Waals surface area (Å²) >= 11 is 0. The maximum absolute atomic E-state index is 11.8. The van der Waals surface area contributed by atoms with Gasteiger partial charge in [-0.1, -0.05) is 13.0 Å². The fourth-order valence-electron chi connectivity index (χ4n) is 3.22. The van der Waals surface area contributed by atoms with E-state index in [1.54, 1.807) is 15.9 Å². The Morgan fingerprint density at radius 1 is 1.27 bits per heavy atom. The number of nitrogens with zero attached hydrogens (tertiary/aromatic N) is 5. The van der Waals surface area contributed by atoms with Gasteiger partial charge in [0.2, 0.25) is 5.91 Å². The first-order valence-corrected chi connectivity index (χ1v) is 7.51. The van der Waals surface area contributed by atoms with E-state index in [2.05, 4.69) is 34.4 Å². The summed E-state index contributed by atoms with van der Waals surface area (Å²) in [5.41, 5.74) is 4.39. The zero-order valence-electron chi connectivity index (χ0n) is 12.7. The van der Waals surface area contributed by atoms with E-state index >= 15 is 0 Å². The Bertz CT molecular complexity index is 792. The first-order chi connectivity index (χ1) is 10.6. The van der Waals surface area contributed by atoms with E-state index in [1.807, 2.05) is 13.1 Å². The van der Waals surface area contributed by atoms with E-state index in [0.717, 1.165) is 35.6 Å². The van der Waals surface area contributed by atoms with Crippen LogP contribution in [0.1, 0.15) is 30.3 Å². The second kappa shape index (κ2) is 4.76. The molecule has 1 aromatic carbocycles. The Morgan fingerprint density at radius 3 is 3.00 bits per heavy atom. The van der Waals surface area contributed by atoms with Gasteiger partial charge in [-0.2, -0.15) is 5.10 Å². The third kappa shape index (κ3) is 1.94. The summed E-state index contributed by atoms with van der Waals surface area (Å²) in [6.07, 6.45) is 3.86. The lowest BCUT2D eigenvalue weighted by atomic mass is 9.91. The van der Waals surface area contributed by atoms with E-state index in [1.165, 1.54) is 5.56 Å². The molecule has 2 aliphatic rings. The number of hydrogen-bond donors (Lipinski definition) is 0. The van der Waals surface area contributed by atoms with Gasteiger partial charge in [0.1, 0.15) is 6.33 Å². The molecule has 0 N–H and O–H groups in total. The number of carbonyl (C=O) groups excluding carboxylic acids is 1. The molecule has 1 amide bonds. The summed E-state index contributed by atoms with van der Waals surface area (Å²) in [7, 11) is 1.84. The molecule has 0 fully saturated rings. The second-order valence-electron chi connectivity index (χ2n) is 5.98. The Hall–Kier alpha value is -2.50. The average Bonchev–Trinajstić information content (AvgIpc) is 2.97. The van der Waals surface area contributed by atoms with Crippen molar-refractivity contribution in [2.24, 2.45) is 11.0 Å². The van der Waals surface area contributed by atoms with Crippen molar-refractivity contribution in [2.45, 2.75) is 26.2 Å². The van der Waals surface area contributed by atoms with Crippen LogP contribution in [0.3, 0.4) is 0 Å². The number of aryl methyl sites for hydroxylation is 1. The van der Waals surface area contributed by atoms with E-state index in [-0.39, 0.29) is 5.91 Å². The highest BCUT2D eigenvalue weighted by Gasteiger charge is 2.25. The minimum Gasteiger partial charge on any atom is -0.315 e. The highest BCUT2D eigenvalue weighted by molar-refractivity contribution is 6.04. The summed E-state index contributed by atoms with van der Waals surface area (Å²) in [6.45, 7) is 2.16. The van der Waals surface area contributed by atoms with Crippen molar-refractivity contribution >= 4 is 17.3 Å². The fraction of sp³-hybridized carbons (Fsp3) is 0.375. The van der Waals surface area contributed by atoms with Gasteiger partial charge in [-0.15, -0.1) is 10.2 Å². The predicted molar refractivity (Wildman–Crippen MR) is 83.0 cm³/mol. The molecular formula is C16H17N5O. The highest BCUT2D eigenvalue weighted by Crippen LogP contribution is 2.29. The smallest absolute Gasteiger partial charge is 0.227 e. The molecule has 0 bridgehead atoms. The SMILES string of the molecule is CC1Cc2nncn2N=C1c1ccc2c(c1)CCC(=O)N2C. The molecule has 0 saturated heterocycles. The van der Waals surface area contributed by atoms with Crippen molar-refractivity contribution in [1.29, 1.82) is 0 Å². The van der Waals surface area contributed by atoms with Crippen LogP contribution in [0, 0.1) is 5.92 Å². The van der Waals surface area contributed by atoms with Gasteiger partial charge < -0.3 is 4.90 Å². The van der Waals surface area contributed by atoms with Crippen molar-refractivity contribution in [3.8, 4) is 0 Å². The number of carbonyl (C=O) groups is 1. The topological polar surface area (TPSA) is 63.4 Å². The third-order valence-corrected chi connectivity index (χ3v) is 4.49. The van der Waals surface area contributed by atoms with Crippen LogP contribution in [0.2, 0.25) is 0 Å². The number of anilines is 1. The van der Waals surface area contributed by atoms with Crippen molar-refractivity contribution in [1.82, 2.24) is 14.9 Å². The van der Waals surface area contributed by atoms with Gasteiger partial charge in [-0.25, -0.2) is 4.68 Å². The lowest BCUT2D eigenvalue weighted by molar-refractivity contribution is -0.118. The average molecular weight is 295 g/mol. The van der Waals surface area contributed by atoms with Gasteiger partial charge in [-0.05, 0) is 29.7 Å². The number of amides is 1. The Balaban J connectivity index is 1.77. The van der Waals surface area contributed by atoms with E-state index in [9.17, 15) is 4.79 Å². The zero-order chi connectivity index (χ0) is 15.3. The first kappa shape index (κ1) is 13.2. The molecule has 0 radical (unpaired) electrons. The maximum atomic E-state index is 11.8. The van der Waals surface area contributed by atoms with Crippen LogP contribution >= 0.6 is 0 Å². The van der Waals surface area contributed by atoms with Crippen LogP contribution in [-0.4, -0.2) is 33.5 Å². The molecule has 6 heteroatoms. The first-order valence-electron chi connectivity index (χ1n) is 7.51. The molecule has 0 saturated carbocycles. The Morgan fingerprint density at radius 2 is 2.14 bits per heavy atom. The molecular weight excluding hydrogens is 278 g/mol. The molecule has 1 unspecified atom stereocenters. The maximum Gasteiger partial charge on any atom is 0.227 e. The number of rotatable bonds is 1. The molecule has 1 aromatic heterocycles. The van der Waals surface area contributed by atoms with Crippen LogP contribution in [0.5, 0.6) is 0 Å². The molecule has 0 spiro atoms. The van der Waals surface area contributed by atoms with Gasteiger partial charge in [0, 0.05) is 31.5 Å². The minimum atomic E-state index is 0.178. The second-order valence-corrected chi connectivity index (χ2v) is 5.98. The van der Waals surface area contributed by atoms with Gasteiger partial charge in [-0.3, -0.25) is 4.79 Å². The zero-order valence-corrected chi connectivity index (χ0v) is 12.7. The van der Waals surface area contributed by atoms with Crippen molar-refractivity contribution in [3.05, 3.63) is 41.5 Å². The fourth-order valence-corrected chi connectivity index (χ4v) is 3.22. The monoisotopic (exact) mass is 295 g/mol. The Kier molecular flexibility index (Phi) is 2.85. The summed E-state index contributed by atoms with van der Waals surface area (Å²) in [5.74, 6) is 1.38. The van der Waals surface area contributed by atoms with E-state index < -0.39 is 0 Å². The van der Waals surface area contributed by atoms with Crippen LogP contribution in [0.4, 0.5) is 5.69 Å². The lowest BCUT2D eigenvalue weighted by Gasteiger charge is -2.27. The van der Waals surface area contributed by atoms with Crippen LogP contribution in [0.15, 0.2) is 29.6 Å². The number of hydrogen-bond acceptors (Lipinski definition) is 4. The summed E-state index contributed by atoms with van der Waals surface area (Å²) in [6, 6.07) is 6.25. The largest absolute Gasteiger partial charge is 0.315 e. The van der Waals surface area contributed by atoms with Gasteiger partial charge in [0.25, 0.3) is 0 Å². The van der Waals surface area contributed by atoms with Crippen molar-refractivity contribution in [2.75, 3.05) is 11.9 Å². The molecule has 0 aliphatic carbocycles. The minimum absolute atomic E-state index is 0.178. The quantitative estimate of drug-likeness (QED) is 0.803. The predicted octanol–water partition coefficient (Wildman–Crippen LogP) is 1.63. The molecule has 1 atom stereocenters. The van der Waals surface area contributed by atoms with Gasteiger partial charge >= 0.3 is 0 Å². The molecule has 4 rings (SSSR count). The summed E-state index contributed by atoms with van der Waals surface area (Å²) in [4.78, 5) is 13.5. The van der Waals surface area contributed by atoms with Crippen LogP contribution in [0.25, 0.3) is 0 Å². The normalized spacial score (nSPS) is 20.5. The highest BCUT2D eigenvalue weighted by atomic mass is 16.2. The molecule has 6 nitrogen and oxygen atoms in total. The molecule has 112 valence electrons. The number of fused-ring (bicyclic) bond motifs is 2. The number of aromatic nitrogens is 3. The van der Waals surface area contributed by atoms with Crippen molar-refractivity contribution in [3.63, 3.8) is 0 Å². The van der Waals surface area contributed by atoms with Gasteiger partial charge in [0.15, 0.2) is 5.82 Å². The molecule has 2 aliphatic heterocycles. The standard InChI is InChI=1S/C16H17N5O/c1-10-7-14-18-17-9-21(14)19-16(10)12-3-5-13-11(8-12)4-6-15(22)20(13)2/h3,5,8-10H,4,6-7H2,1-2H3. The molecule has 22 heavy (non-hydrogen) atoms. The van der Waals surface area contributed by atoms with E-state index in [0.29, 0.717) is 12.3 Å². The van der Waals surface area contributed by atoms with Crippen LogP contribution < -0.4 is 4.90 Å². The van der Waals surface area contributed by atoms with Gasteiger partial charge in [0.05, 0.1) is 5.71 Å². The van der Waals surface area contributed by atoms with Crippen LogP contribution in [-0.2, 0) is 17.6 Å². The lowest BCUT2D eigenvalue weighted by Crippen LogP contribution is -2.31. The summed E-state index contributed by atoms with van der Waals surface area (Å²) in [5, 5.41) is 12.7. The molecule has 3 heterocycles. The Labute approximate surface area is 128 Å². The number of benzene rings is 1. The van der Waals surface area contributed by atoms with Crippen molar-refractivity contribution < 1.29 is 4.79 Å².